The minimum atomic E-state index is -0.675. The van der Waals surface area contributed by atoms with Crippen LogP contribution >= 0.6 is 0 Å². The first-order valence-electron chi connectivity index (χ1n) is 5.63. The van der Waals surface area contributed by atoms with E-state index >= 15 is 0 Å². The Morgan fingerprint density at radius 1 is 1.07 bits per heavy atom. The van der Waals surface area contributed by atoms with Crippen LogP contribution in [0, 0.1) is 5.41 Å². The fourth-order valence-electron chi connectivity index (χ4n) is 1.11. The van der Waals surface area contributed by atoms with Gasteiger partial charge in [0.15, 0.2) is 0 Å². The molecule has 0 bridgehead atoms. The van der Waals surface area contributed by atoms with E-state index < -0.39 is 5.97 Å². The Bertz CT molecular complexity index is 134. The first-order chi connectivity index (χ1) is 6.42. The van der Waals surface area contributed by atoms with E-state index in [-0.39, 0.29) is 0 Å². The molecule has 0 aromatic heterocycles. The van der Waals surface area contributed by atoms with Gasteiger partial charge < -0.3 is 5.11 Å². The summed E-state index contributed by atoms with van der Waals surface area (Å²) < 4.78 is 0. The Labute approximate surface area is 88.7 Å². The molecule has 0 radical (unpaired) electrons. The van der Waals surface area contributed by atoms with Crippen LogP contribution in [-0.4, -0.2) is 11.1 Å². The average molecular weight is 202 g/mol. The second-order valence-electron chi connectivity index (χ2n) is 4.52. The topological polar surface area (TPSA) is 37.3 Å². The predicted octanol–water partition coefficient (Wildman–Crippen LogP) is 4.09. The van der Waals surface area contributed by atoms with E-state index in [9.17, 15) is 4.79 Å². The molecule has 0 aliphatic carbocycles. The van der Waals surface area contributed by atoms with Crippen LogP contribution in [0.3, 0.4) is 0 Å². The quantitative estimate of drug-likeness (QED) is 0.682. The Kier molecular flexibility index (Phi) is 10.3. The number of unbranched alkanes of at least 4 members (excludes halogenated alkanes) is 2. The minimum absolute atomic E-state index is 0.324. The van der Waals surface area contributed by atoms with Crippen LogP contribution in [0.1, 0.15) is 66.7 Å². The lowest BCUT2D eigenvalue weighted by Crippen LogP contribution is -2.04. The third-order valence-corrected chi connectivity index (χ3v) is 1.82. The molecule has 0 spiro atoms. The van der Waals surface area contributed by atoms with Crippen LogP contribution in [0.5, 0.6) is 0 Å². The molecule has 0 heterocycles. The van der Waals surface area contributed by atoms with Crippen molar-refractivity contribution in [2.24, 2.45) is 5.41 Å². The lowest BCUT2D eigenvalue weighted by molar-refractivity contribution is -0.137. The first-order valence-corrected chi connectivity index (χ1v) is 5.63. The number of carbonyl (C=O) groups is 1. The van der Waals surface area contributed by atoms with E-state index in [1.807, 2.05) is 13.8 Å². The maximum absolute atomic E-state index is 10.2. The van der Waals surface area contributed by atoms with E-state index in [0.29, 0.717) is 11.8 Å². The monoisotopic (exact) mass is 202 g/mol. The molecular formula is C12H26O2. The number of hydrogen-bond donors (Lipinski definition) is 1. The summed E-state index contributed by atoms with van der Waals surface area (Å²) >= 11 is 0. The molecule has 0 saturated heterocycles. The Morgan fingerprint density at radius 2 is 1.57 bits per heavy atom. The highest BCUT2D eigenvalue weighted by Gasteiger charge is 2.08. The maximum atomic E-state index is 10.2. The van der Waals surface area contributed by atoms with Gasteiger partial charge in [-0.3, -0.25) is 4.79 Å². The summed E-state index contributed by atoms with van der Waals surface area (Å²) in [6, 6.07) is 0. The summed E-state index contributed by atoms with van der Waals surface area (Å²) in [6.07, 6.45) is 4.53. The van der Waals surface area contributed by atoms with Gasteiger partial charge in [0.2, 0.25) is 0 Å². The van der Waals surface area contributed by atoms with E-state index in [1.165, 1.54) is 6.42 Å². The molecule has 0 aromatic rings. The first kappa shape index (κ1) is 15.9. The Morgan fingerprint density at radius 3 is 1.93 bits per heavy atom. The minimum Gasteiger partial charge on any atom is -0.481 e. The third kappa shape index (κ3) is 17.5. The van der Waals surface area contributed by atoms with E-state index in [0.717, 1.165) is 19.3 Å². The summed E-state index contributed by atoms with van der Waals surface area (Å²) in [6.45, 7) is 10.6. The van der Waals surface area contributed by atoms with Gasteiger partial charge in [-0.25, -0.2) is 0 Å². The molecule has 0 aliphatic rings. The second-order valence-corrected chi connectivity index (χ2v) is 4.52. The summed E-state index contributed by atoms with van der Waals surface area (Å²) in [5.41, 5.74) is 0.392. The number of rotatable bonds is 5. The second kappa shape index (κ2) is 9.04. The Hall–Kier alpha value is -0.530. The van der Waals surface area contributed by atoms with Crippen molar-refractivity contribution in [1.29, 1.82) is 0 Å². The molecule has 0 saturated carbocycles. The SMILES string of the molecule is CC.CC(C)(C)CCCCCC(=O)O. The van der Waals surface area contributed by atoms with Crippen molar-refractivity contribution in [3.05, 3.63) is 0 Å². The molecule has 0 fully saturated rings. The zero-order valence-corrected chi connectivity index (χ0v) is 10.4. The molecule has 0 amide bonds. The molecule has 14 heavy (non-hydrogen) atoms. The molecular weight excluding hydrogens is 176 g/mol. The van der Waals surface area contributed by atoms with Crippen LogP contribution in [0.2, 0.25) is 0 Å². The maximum Gasteiger partial charge on any atom is 0.303 e. The van der Waals surface area contributed by atoms with Gasteiger partial charge in [-0.05, 0) is 18.3 Å². The molecule has 1 N–H and O–H groups in total. The summed E-state index contributed by atoms with van der Waals surface area (Å²) in [5.74, 6) is -0.675. The van der Waals surface area contributed by atoms with Crippen LogP contribution in [0.4, 0.5) is 0 Å². The van der Waals surface area contributed by atoms with E-state index in [2.05, 4.69) is 20.8 Å². The van der Waals surface area contributed by atoms with Gasteiger partial charge >= 0.3 is 5.97 Å². The van der Waals surface area contributed by atoms with Gasteiger partial charge in [-0.15, -0.1) is 0 Å². The summed E-state index contributed by atoms with van der Waals surface area (Å²) in [4.78, 5) is 10.2. The molecule has 0 aliphatic heterocycles. The van der Waals surface area contributed by atoms with Gasteiger partial charge in [-0.2, -0.15) is 0 Å². The molecule has 0 atom stereocenters. The highest BCUT2D eigenvalue weighted by molar-refractivity contribution is 5.66. The highest BCUT2D eigenvalue weighted by atomic mass is 16.4. The predicted molar refractivity (Wildman–Crippen MR) is 61.5 cm³/mol. The summed E-state index contributed by atoms with van der Waals surface area (Å²) in [7, 11) is 0. The van der Waals surface area contributed by atoms with Gasteiger partial charge in [0.25, 0.3) is 0 Å². The molecule has 0 unspecified atom stereocenters. The molecule has 2 heteroatoms. The highest BCUT2D eigenvalue weighted by Crippen LogP contribution is 2.22. The normalized spacial score (nSPS) is 10.4. The van der Waals surface area contributed by atoms with Gasteiger partial charge in [0.05, 0.1) is 0 Å². The van der Waals surface area contributed by atoms with Gasteiger partial charge in [-0.1, -0.05) is 47.5 Å². The van der Waals surface area contributed by atoms with Crippen molar-refractivity contribution in [2.75, 3.05) is 0 Å². The van der Waals surface area contributed by atoms with Crippen LogP contribution in [0.15, 0.2) is 0 Å². The zero-order valence-electron chi connectivity index (χ0n) is 10.4. The Balaban J connectivity index is 0. The molecule has 0 rings (SSSR count). The van der Waals surface area contributed by atoms with Crippen LogP contribution in [0.25, 0.3) is 0 Å². The van der Waals surface area contributed by atoms with Crippen molar-refractivity contribution in [1.82, 2.24) is 0 Å². The fourth-order valence-corrected chi connectivity index (χ4v) is 1.11. The zero-order chi connectivity index (χ0) is 11.6. The van der Waals surface area contributed by atoms with Crippen LogP contribution < -0.4 is 0 Å². The van der Waals surface area contributed by atoms with Crippen molar-refractivity contribution >= 4 is 5.97 Å². The van der Waals surface area contributed by atoms with Crippen LogP contribution in [-0.2, 0) is 4.79 Å². The summed E-state index contributed by atoms with van der Waals surface area (Å²) in [5, 5.41) is 8.37. The smallest absolute Gasteiger partial charge is 0.303 e. The van der Waals surface area contributed by atoms with Crippen molar-refractivity contribution in [3.63, 3.8) is 0 Å². The van der Waals surface area contributed by atoms with Crippen molar-refractivity contribution < 1.29 is 9.90 Å². The fraction of sp³-hybridized carbons (Fsp3) is 0.917. The number of carboxylic acid groups (broad SMARTS) is 1. The van der Waals surface area contributed by atoms with Crippen molar-refractivity contribution in [3.8, 4) is 0 Å². The van der Waals surface area contributed by atoms with E-state index in [1.54, 1.807) is 0 Å². The van der Waals surface area contributed by atoms with Gasteiger partial charge in [0.1, 0.15) is 0 Å². The number of aliphatic carboxylic acids is 1. The average Bonchev–Trinajstić information content (AvgIpc) is 2.05. The lowest BCUT2D eigenvalue weighted by atomic mass is 9.89. The lowest BCUT2D eigenvalue weighted by Gasteiger charge is -2.17. The largest absolute Gasteiger partial charge is 0.481 e. The molecule has 0 aromatic carbocycles. The standard InChI is InChI=1S/C10H20O2.C2H6/c1-10(2,3)8-6-4-5-7-9(11)12;1-2/h4-8H2,1-3H3,(H,11,12);1-2H3. The number of carboxylic acids is 1. The third-order valence-electron chi connectivity index (χ3n) is 1.82. The number of hydrogen-bond acceptors (Lipinski definition) is 1. The molecule has 86 valence electrons. The van der Waals surface area contributed by atoms with Crippen molar-refractivity contribution in [2.45, 2.75) is 66.7 Å². The molecule has 2 nitrogen and oxygen atoms in total. The van der Waals surface area contributed by atoms with E-state index in [4.69, 9.17) is 5.11 Å². The van der Waals surface area contributed by atoms with Gasteiger partial charge in [0, 0.05) is 6.42 Å².